The summed E-state index contributed by atoms with van der Waals surface area (Å²) >= 11 is 2.96. The zero-order chi connectivity index (χ0) is 21.5. The number of anilines is 1. The quantitative estimate of drug-likeness (QED) is 0.299. The molecule has 0 saturated heterocycles. The summed E-state index contributed by atoms with van der Waals surface area (Å²) in [7, 11) is -2.77. The maximum absolute atomic E-state index is 13.2. The van der Waals surface area contributed by atoms with Crippen LogP contribution in [0.25, 0.3) is 21.3 Å². The fourth-order valence-corrected chi connectivity index (χ4v) is 6.14. The van der Waals surface area contributed by atoms with Crippen molar-refractivity contribution in [2.75, 3.05) is 11.0 Å². The van der Waals surface area contributed by atoms with Crippen LogP contribution in [-0.2, 0) is 15.9 Å². The van der Waals surface area contributed by atoms with Gasteiger partial charge in [-0.05, 0) is 19.1 Å². The van der Waals surface area contributed by atoms with Crippen molar-refractivity contribution in [3.8, 4) is 11.3 Å². The number of benzene rings is 1. The highest BCUT2D eigenvalue weighted by Crippen LogP contribution is 2.35. The van der Waals surface area contributed by atoms with Gasteiger partial charge in [0.05, 0.1) is 15.4 Å². The fourth-order valence-electron chi connectivity index (χ4n) is 2.86. The van der Waals surface area contributed by atoms with Crippen LogP contribution in [0.4, 0.5) is 18.3 Å². The third-order valence-corrected chi connectivity index (χ3v) is 8.43. The number of hydrogen-bond acceptors (Lipinski definition) is 5. The molecule has 0 amide bonds. The number of thiazole rings is 1. The van der Waals surface area contributed by atoms with Gasteiger partial charge < -0.3 is 0 Å². The van der Waals surface area contributed by atoms with Crippen LogP contribution < -0.4 is 4.72 Å². The van der Waals surface area contributed by atoms with Gasteiger partial charge in [0.15, 0.2) is 5.13 Å². The summed E-state index contributed by atoms with van der Waals surface area (Å²) in [6.45, 7) is 1.61. The van der Waals surface area contributed by atoms with Crippen LogP contribution in [0.2, 0.25) is 0 Å². The predicted octanol–water partition coefficient (Wildman–Crippen LogP) is 5.92. The number of alkyl halides is 3. The van der Waals surface area contributed by atoms with Crippen LogP contribution >= 0.6 is 22.7 Å². The summed E-state index contributed by atoms with van der Waals surface area (Å²) in [5.41, 5.74) is 1.19. The Bertz CT molecular complexity index is 1330. The Morgan fingerprint density at radius 1 is 1.10 bits per heavy atom. The van der Waals surface area contributed by atoms with Crippen LogP contribution in [-0.4, -0.2) is 25.3 Å². The van der Waals surface area contributed by atoms with Crippen LogP contribution in [0.15, 0.2) is 53.4 Å². The second kappa shape index (κ2) is 7.68. The van der Waals surface area contributed by atoms with E-state index in [1.54, 1.807) is 18.3 Å². The number of nitrogens with zero attached hydrogens (tertiary/aromatic N) is 2. The summed E-state index contributed by atoms with van der Waals surface area (Å²) in [5.74, 6) is 0. The summed E-state index contributed by atoms with van der Waals surface area (Å²) in [4.78, 5) is 8.42. The number of halogens is 3. The van der Waals surface area contributed by atoms with E-state index in [4.69, 9.17) is 0 Å². The molecular formula is C20H16F3N3OS3. The van der Waals surface area contributed by atoms with Gasteiger partial charge in [-0.1, -0.05) is 24.3 Å². The van der Waals surface area contributed by atoms with E-state index in [1.807, 2.05) is 35.0 Å². The van der Waals surface area contributed by atoms with Gasteiger partial charge in [-0.2, -0.15) is 13.2 Å². The number of pyridine rings is 1. The Morgan fingerprint density at radius 3 is 2.57 bits per heavy atom. The summed E-state index contributed by atoms with van der Waals surface area (Å²) in [6.07, 6.45) is -1.92. The second-order valence-electron chi connectivity index (χ2n) is 6.62. The Labute approximate surface area is 179 Å². The normalized spacial score (nSPS) is 13.9. The van der Waals surface area contributed by atoms with E-state index in [9.17, 15) is 17.4 Å². The minimum atomic E-state index is -4.51. The van der Waals surface area contributed by atoms with Gasteiger partial charge in [0.1, 0.15) is 5.69 Å². The van der Waals surface area contributed by atoms with Crippen molar-refractivity contribution in [3.05, 3.63) is 64.6 Å². The molecule has 0 bridgehead atoms. The van der Waals surface area contributed by atoms with E-state index in [0.717, 1.165) is 33.6 Å². The molecule has 4 nitrogen and oxygen atoms in total. The van der Waals surface area contributed by atoms with Crippen LogP contribution in [0.1, 0.15) is 18.2 Å². The molecule has 3 heterocycles. The molecule has 0 radical (unpaired) electrons. The highest BCUT2D eigenvalue weighted by Gasteiger charge is 2.32. The number of rotatable bonds is 4. The maximum Gasteiger partial charge on any atom is 0.433 e. The lowest BCUT2D eigenvalue weighted by Crippen LogP contribution is -2.20. The Balaban J connectivity index is 1.62. The highest BCUT2D eigenvalue weighted by atomic mass is 32.2. The van der Waals surface area contributed by atoms with Gasteiger partial charge in [0.2, 0.25) is 0 Å². The zero-order valence-electron chi connectivity index (χ0n) is 15.9. The number of nitrogens with one attached hydrogen (secondary N) is 1. The lowest BCUT2D eigenvalue weighted by molar-refractivity contribution is -0.141. The molecule has 0 aliphatic carbocycles. The SMILES string of the molecule is CC(c1ccc(C(F)(F)F)nc1)=S(C)(=O)Nc1nc(-c2csc3ccccc23)cs1. The van der Waals surface area contributed by atoms with E-state index in [-0.39, 0.29) is 0 Å². The van der Waals surface area contributed by atoms with Gasteiger partial charge in [-0.3, -0.25) is 9.71 Å². The van der Waals surface area contributed by atoms with Crippen molar-refractivity contribution in [1.82, 2.24) is 9.97 Å². The van der Waals surface area contributed by atoms with E-state index >= 15 is 0 Å². The third kappa shape index (κ3) is 4.07. The molecule has 10 heteroatoms. The first-order chi connectivity index (χ1) is 14.1. The molecule has 0 aliphatic heterocycles. The predicted molar refractivity (Wildman–Crippen MR) is 120 cm³/mol. The zero-order valence-corrected chi connectivity index (χ0v) is 18.3. The van der Waals surface area contributed by atoms with Crippen LogP contribution in [0.3, 0.4) is 0 Å². The van der Waals surface area contributed by atoms with Crippen molar-refractivity contribution in [1.29, 1.82) is 0 Å². The van der Waals surface area contributed by atoms with E-state index in [2.05, 4.69) is 14.7 Å². The van der Waals surface area contributed by atoms with Crippen molar-refractivity contribution in [2.45, 2.75) is 13.1 Å². The molecular weight excluding hydrogens is 451 g/mol. The minimum Gasteiger partial charge on any atom is -0.288 e. The smallest absolute Gasteiger partial charge is 0.288 e. The second-order valence-corrected chi connectivity index (χ2v) is 10.9. The molecule has 1 unspecified atom stereocenters. The van der Waals surface area contributed by atoms with Crippen molar-refractivity contribution < 1.29 is 17.4 Å². The monoisotopic (exact) mass is 467 g/mol. The fraction of sp³-hybridized carbons (Fsp3) is 0.150. The van der Waals surface area contributed by atoms with E-state index < -0.39 is 21.6 Å². The number of fused-ring (bicyclic) bond motifs is 1. The molecule has 0 aliphatic rings. The molecule has 4 aromatic rings. The Kier molecular flexibility index (Phi) is 5.33. The van der Waals surface area contributed by atoms with Gasteiger partial charge in [-0.25, -0.2) is 9.19 Å². The third-order valence-electron chi connectivity index (χ3n) is 4.59. The first-order valence-corrected chi connectivity index (χ1v) is 12.4. The molecule has 30 heavy (non-hydrogen) atoms. The highest BCUT2D eigenvalue weighted by molar-refractivity contribution is 8.03. The first-order valence-electron chi connectivity index (χ1n) is 8.71. The molecule has 3 aromatic heterocycles. The van der Waals surface area contributed by atoms with E-state index in [0.29, 0.717) is 15.6 Å². The molecule has 0 saturated carbocycles. The standard InChI is InChI=1S/C20H16F3N3OS3/c1-12(13-7-8-18(24-9-13)20(21,22)23)30(2,27)26-19-25-16(11-29-19)15-10-28-17-6-4-3-5-14(15)17/h3-11H,1-2H3,(H,25,26,27). The molecule has 0 spiro atoms. The minimum absolute atomic E-state index is 0.378. The summed E-state index contributed by atoms with van der Waals surface area (Å²) < 4.78 is 55.5. The van der Waals surface area contributed by atoms with Crippen molar-refractivity contribution in [3.63, 3.8) is 0 Å². The van der Waals surface area contributed by atoms with E-state index in [1.165, 1.54) is 23.7 Å². The largest absolute Gasteiger partial charge is 0.433 e. The number of thiophene rings is 1. The van der Waals surface area contributed by atoms with Crippen LogP contribution in [0.5, 0.6) is 0 Å². The number of aromatic nitrogens is 2. The molecule has 1 N–H and O–H groups in total. The molecule has 1 aromatic carbocycles. The summed E-state index contributed by atoms with van der Waals surface area (Å²) in [6, 6.07) is 10.2. The lowest BCUT2D eigenvalue weighted by Gasteiger charge is -2.12. The molecule has 0 fully saturated rings. The van der Waals surface area contributed by atoms with Gasteiger partial charge >= 0.3 is 6.18 Å². The maximum atomic E-state index is 13.2. The average Bonchev–Trinajstić information content (AvgIpc) is 3.33. The molecule has 156 valence electrons. The van der Waals surface area contributed by atoms with Gasteiger partial charge in [-0.15, -0.1) is 22.7 Å². The van der Waals surface area contributed by atoms with Crippen LogP contribution in [0, 0.1) is 0 Å². The number of hydrogen-bond donors (Lipinski definition) is 1. The lowest BCUT2D eigenvalue weighted by atomic mass is 10.1. The Hall–Kier alpha value is -2.43. The van der Waals surface area contributed by atoms with Crippen molar-refractivity contribution >= 4 is 52.5 Å². The van der Waals surface area contributed by atoms with Gasteiger partial charge in [0.25, 0.3) is 0 Å². The Morgan fingerprint density at radius 2 is 1.87 bits per heavy atom. The van der Waals surface area contributed by atoms with Gasteiger partial charge in [0, 0.05) is 49.3 Å². The first kappa shape index (κ1) is 20.8. The molecule has 1 atom stereocenters. The average molecular weight is 468 g/mol. The molecule has 4 rings (SSSR count). The summed E-state index contributed by atoms with van der Waals surface area (Å²) in [5, 5.41) is 5.52. The van der Waals surface area contributed by atoms with Crippen molar-refractivity contribution in [2.24, 2.45) is 0 Å². The topological polar surface area (TPSA) is 54.9 Å².